The van der Waals surface area contributed by atoms with Crippen molar-refractivity contribution in [2.45, 2.75) is 31.9 Å². The fourth-order valence-corrected chi connectivity index (χ4v) is 1.81. The zero-order chi connectivity index (χ0) is 14.1. The maximum atomic E-state index is 12.9. The van der Waals surface area contributed by atoms with Crippen LogP contribution in [0.5, 0.6) is 0 Å². The number of carbonyl (C=O) groups is 1. The second-order valence-corrected chi connectivity index (χ2v) is 4.64. The van der Waals surface area contributed by atoms with Crippen LogP contribution in [0.4, 0.5) is 17.6 Å². The van der Waals surface area contributed by atoms with Crippen molar-refractivity contribution < 1.29 is 27.5 Å². The maximum absolute atomic E-state index is 12.9. The highest BCUT2D eigenvalue weighted by molar-refractivity contribution is 5.69. The van der Waals surface area contributed by atoms with E-state index >= 15 is 0 Å². The second kappa shape index (κ2) is 4.59. The van der Waals surface area contributed by atoms with Gasteiger partial charge in [-0.2, -0.15) is 13.2 Å². The Morgan fingerprint density at radius 2 is 1.78 bits per heavy atom. The molecule has 0 aliphatic heterocycles. The highest BCUT2D eigenvalue weighted by Gasteiger charge is 2.38. The van der Waals surface area contributed by atoms with Gasteiger partial charge in [0.1, 0.15) is 5.82 Å². The summed E-state index contributed by atoms with van der Waals surface area (Å²) >= 11 is 0. The third-order valence-corrected chi connectivity index (χ3v) is 2.61. The Kier molecular flexibility index (Phi) is 3.69. The van der Waals surface area contributed by atoms with Gasteiger partial charge in [0, 0.05) is 5.41 Å². The number of hydrogen-bond donors (Lipinski definition) is 1. The van der Waals surface area contributed by atoms with Crippen LogP contribution in [0.15, 0.2) is 18.2 Å². The molecule has 1 aromatic rings. The van der Waals surface area contributed by atoms with Gasteiger partial charge in [0.05, 0.1) is 12.0 Å². The average molecular weight is 264 g/mol. The topological polar surface area (TPSA) is 37.3 Å². The van der Waals surface area contributed by atoms with Crippen LogP contribution in [0, 0.1) is 5.82 Å². The molecule has 1 rings (SSSR count). The van der Waals surface area contributed by atoms with Crippen molar-refractivity contribution in [2.75, 3.05) is 0 Å². The largest absolute Gasteiger partial charge is 0.481 e. The SMILES string of the molecule is CC(C)(CC(=O)O)c1ccc(F)cc1C(F)(F)F. The molecule has 0 saturated carbocycles. The summed E-state index contributed by atoms with van der Waals surface area (Å²) in [6, 6.07) is 2.27. The monoisotopic (exact) mass is 264 g/mol. The lowest BCUT2D eigenvalue weighted by atomic mass is 9.79. The molecule has 1 N–H and O–H groups in total. The number of benzene rings is 1. The third kappa shape index (κ3) is 3.21. The quantitative estimate of drug-likeness (QED) is 0.847. The number of alkyl halides is 3. The average Bonchev–Trinajstić information content (AvgIpc) is 2.13. The summed E-state index contributed by atoms with van der Waals surface area (Å²) in [6.07, 6.45) is -5.19. The molecule has 100 valence electrons. The van der Waals surface area contributed by atoms with E-state index in [0.717, 1.165) is 12.1 Å². The molecule has 0 amide bonds. The molecule has 0 fully saturated rings. The normalized spacial score (nSPS) is 12.6. The van der Waals surface area contributed by atoms with E-state index < -0.39 is 35.4 Å². The van der Waals surface area contributed by atoms with Crippen LogP contribution < -0.4 is 0 Å². The standard InChI is InChI=1S/C12H12F4O2/c1-11(2,6-10(17)18)8-4-3-7(13)5-9(8)12(14,15)16/h3-5H,6H2,1-2H3,(H,17,18). The lowest BCUT2D eigenvalue weighted by molar-refractivity contribution is -0.141. The summed E-state index contributed by atoms with van der Waals surface area (Å²) in [6.45, 7) is 2.76. The van der Waals surface area contributed by atoms with E-state index in [-0.39, 0.29) is 5.56 Å². The number of aliphatic carboxylic acids is 1. The molecule has 18 heavy (non-hydrogen) atoms. The molecule has 0 atom stereocenters. The van der Waals surface area contributed by atoms with Crippen molar-refractivity contribution in [3.8, 4) is 0 Å². The van der Waals surface area contributed by atoms with Crippen LogP contribution in [0.3, 0.4) is 0 Å². The molecule has 0 aliphatic carbocycles. The Morgan fingerprint density at radius 3 is 2.22 bits per heavy atom. The predicted molar refractivity (Wildman–Crippen MR) is 56.7 cm³/mol. The van der Waals surface area contributed by atoms with Gasteiger partial charge in [-0.15, -0.1) is 0 Å². The molecular formula is C12H12F4O2. The number of carboxylic acid groups (broad SMARTS) is 1. The molecule has 0 unspecified atom stereocenters. The van der Waals surface area contributed by atoms with Crippen molar-refractivity contribution in [1.29, 1.82) is 0 Å². The first-order valence-electron chi connectivity index (χ1n) is 5.13. The van der Waals surface area contributed by atoms with Gasteiger partial charge in [0.15, 0.2) is 0 Å². The smallest absolute Gasteiger partial charge is 0.416 e. The van der Waals surface area contributed by atoms with Crippen molar-refractivity contribution in [1.82, 2.24) is 0 Å². The van der Waals surface area contributed by atoms with E-state index in [1.807, 2.05) is 0 Å². The second-order valence-electron chi connectivity index (χ2n) is 4.64. The van der Waals surface area contributed by atoms with Gasteiger partial charge in [-0.3, -0.25) is 4.79 Å². The Bertz CT molecular complexity index is 464. The van der Waals surface area contributed by atoms with Crippen LogP contribution in [0.1, 0.15) is 31.4 Å². The fraction of sp³-hybridized carbons (Fsp3) is 0.417. The highest BCUT2D eigenvalue weighted by Crippen LogP contribution is 2.39. The van der Waals surface area contributed by atoms with Crippen LogP contribution in [-0.2, 0) is 16.4 Å². The fourth-order valence-electron chi connectivity index (χ4n) is 1.81. The van der Waals surface area contributed by atoms with Crippen LogP contribution in [0.25, 0.3) is 0 Å². The van der Waals surface area contributed by atoms with E-state index in [9.17, 15) is 22.4 Å². The predicted octanol–water partition coefficient (Wildman–Crippen LogP) is 3.60. The van der Waals surface area contributed by atoms with Crippen molar-refractivity contribution in [3.63, 3.8) is 0 Å². The molecule has 0 bridgehead atoms. The van der Waals surface area contributed by atoms with E-state index in [0.29, 0.717) is 6.07 Å². The molecule has 6 heteroatoms. The summed E-state index contributed by atoms with van der Waals surface area (Å²) in [4.78, 5) is 10.7. The molecule has 0 aromatic heterocycles. The molecule has 0 saturated heterocycles. The zero-order valence-corrected chi connectivity index (χ0v) is 9.81. The van der Waals surface area contributed by atoms with E-state index in [1.165, 1.54) is 13.8 Å². The first-order chi connectivity index (χ1) is 8.04. The minimum Gasteiger partial charge on any atom is -0.481 e. The summed E-state index contributed by atoms with van der Waals surface area (Å²) in [5.41, 5.74) is -2.59. The van der Waals surface area contributed by atoms with Crippen LogP contribution in [-0.4, -0.2) is 11.1 Å². The summed E-state index contributed by atoms with van der Waals surface area (Å²) in [5, 5.41) is 8.70. The van der Waals surface area contributed by atoms with Gasteiger partial charge in [-0.25, -0.2) is 4.39 Å². The molecule has 0 spiro atoms. The van der Waals surface area contributed by atoms with E-state index in [4.69, 9.17) is 5.11 Å². The van der Waals surface area contributed by atoms with E-state index in [1.54, 1.807) is 0 Å². The van der Waals surface area contributed by atoms with Crippen molar-refractivity contribution in [3.05, 3.63) is 35.1 Å². The van der Waals surface area contributed by atoms with Crippen LogP contribution in [0.2, 0.25) is 0 Å². The van der Waals surface area contributed by atoms with Crippen LogP contribution >= 0.6 is 0 Å². The molecule has 2 nitrogen and oxygen atoms in total. The number of hydrogen-bond acceptors (Lipinski definition) is 1. The molecule has 0 aliphatic rings. The lowest BCUT2D eigenvalue weighted by Crippen LogP contribution is -2.26. The Hall–Kier alpha value is -1.59. The highest BCUT2D eigenvalue weighted by atomic mass is 19.4. The van der Waals surface area contributed by atoms with Crippen molar-refractivity contribution in [2.24, 2.45) is 0 Å². The Labute approximate surface area is 101 Å². The van der Waals surface area contributed by atoms with Gasteiger partial charge in [0.25, 0.3) is 0 Å². The molecular weight excluding hydrogens is 252 g/mol. The molecule has 0 radical (unpaired) electrons. The van der Waals surface area contributed by atoms with Crippen molar-refractivity contribution >= 4 is 5.97 Å². The number of rotatable bonds is 3. The van der Waals surface area contributed by atoms with Gasteiger partial charge in [0.2, 0.25) is 0 Å². The zero-order valence-electron chi connectivity index (χ0n) is 9.81. The number of carboxylic acids is 1. The lowest BCUT2D eigenvalue weighted by Gasteiger charge is -2.26. The third-order valence-electron chi connectivity index (χ3n) is 2.61. The van der Waals surface area contributed by atoms with Gasteiger partial charge >= 0.3 is 12.1 Å². The summed E-state index contributed by atoms with van der Waals surface area (Å²) < 4.78 is 51.3. The number of halogens is 4. The van der Waals surface area contributed by atoms with Gasteiger partial charge in [-0.1, -0.05) is 19.9 Å². The van der Waals surface area contributed by atoms with Gasteiger partial charge in [-0.05, 0) is 17.7 Å². The Balaban J connectivity index is 3.36. The molecule has 1 aromatic carbocycles. The minimum absolute atomic E-state index is 0.223. The van der Waals surface area contributed by atoms with Gasteiger partial charge < -0.3 is 5.11 Å². The first-order valence-corrected chi connectivity index (χ1v) is 5.13. The minimum atomic E-state index is -4.72. The first kappa shape index (κ1) is 14.5. The summed E-state index contributed by atoms with van der Waals surface area (Å²) in [7, 11) is 0. The maximum Gasteiger partial charge on any atom is 0.416 e. The summed E-state index contributed by atoms with van der Waals surface area (Å²) in [5.74, 6) is -2.21. The molecule has 0 heterocycles. The van der Waals surface area contributed by atoms with E-state index in [2.05, 4.69) is 0 Å². The Morgan fingerprint density at radius 1 is 1.22 bits per heavy atom.